The van der Waals surface area contributed by atoms with Crippen LogP contribution in [0.4, 0.5) is 15.9 Å². The highest BCUT2D eigenvalue weighted by molar-refractivity contribution is 8.26. The van der Waals surface area contributed by atoms with Gasteiger partial charge in [0.05, 0.1) is 16.2 Å². The Balaban J connectivity index is 1.49. The maximum absolute atomic E-state index is 14.4. The Bertz CT molecular complexity index is 1570. The highest BCUT2D eigenvalue weighted by atomic mass is 32.2. The molecule has 4 heterocycles. The van der Waals surface area contributed by atoms with E-state index in [4.69, 9.17) is 22.3 Å². The van der Waals surface area contributed by atoms with Crippen molar-refractivity contribution in [1.29, 1.82) is 0 Å². The second-order valence-corrected chi connectivity index (χ2v) is 11.0. The number of hydrogen-bond acceptors (Lipinski definition) is 8. The van der Waals surface area contributed by atoms with E-state index in [9.17, 15) is 18.8 Å². The first-order valence-corrected chi connectivity index (χ1v) is 13.7. The lowest BCUT2D eigenvalue weighted by atomic mass is 10.2. The van der Waals surface area contributed by atoms with E-state index in [-0.39, 0.29) is 47.1 Å². The fourth-order valence-electron chi connectivity index (χ4n) is 4.75. The average molecular weight is 568 g/mol. The number of fused-ring (bicyclic) bond motifs is 1. The van der Waals surface area contributed by atoms with Crippen molar-refractivity contribution in [3.8, 4) is 0 Å². The molecule has 0 bridgehead atoms. The number of benzene rings is 1. The maximum Gasteiger partial charge on any atom is 0.303 e. The molecule has 1 amide bonds. The molecule has 0 atom stereocenters. The summed E-state index contributed by atoms with van der Waals surface area (Å²) in [5.74, 6) is -1.13. The smallest absolute Gasteiger partial charge is 0.303 e. The number of aromatic nitrogens is 2. The number of rotatable bonds is 7. The Hall–Kier alpha value is -3.77. The van der Waals surface area contributed by atoms with Crippen molar-refractivity contribution in [3.05, 3.63) is 74.8 Å². The third-order valence-electron chi connectivity index (χ3n) is 6.76. The van der Waals surface area contributed by atoms with Crippen molar-refractivity contribution in [2.45, 2.75) is 19.8 Å². The number of pyridine rings is 1. The Morgan fingerprint density at radius 1 is 1.13 bits per heavy atom. The standard InChI is InChI=1S/C27H26FN5O4S2/c1-17-6-4-10-32-23(17)29-24(31-14-12-30(13-15-31)20-8-3-2-7-19(20)28)18(25(32)36)16-21-26(37)33(27(38)39-21)11-5-9-22(34)35/h2-4,6-8,10,16H,5,9,11-15H2,1H3,(H,34,35)/b21-16-. The lowest BCUT2D eigenvalue weighted by Gasteiger charge is -2.37. The van der Waals surface area contributed by atoms with Crippen LogP contribution in [0.1, 0.15) is 24.0 Å². The second-order valence-electron chi connectivity index (χ2n) is 9.30. The number of amides is 1. The number of halogens is 1. The molecule has 2 fully saturated rings. The lowest BCUT2D eigenvalue weighted by molar-refractivity contribution is -0.137. The minimum absolute atomic E-state index is 0.0750. The monoisotopic (exact) mass is 567 g/mol. The van der Waals surface area contributed by atoms with Crippen molar-refractivity contribution >= 4 is 63.4 Å². The van der Waals surface area contributed by atoms with Crippen LogP contribution in [0.15, 0.2) is 52.3 Å². The zero-order valence-electron chi connectivity index (χ0n) is 21.2. The molecule has 2 saturated heterocycles. The minimum atomic E-state index is -0.943. The van der Waals surface area contributed by atoms with Crippen molar-refractivity contribution in [2.24, 2.45) is 0 Å². The molecule has 202 valence electrons. The highest BCUT2D eigenvalue weighted by Crippen LogP contribution is 2.34. The van der Waals surface area contributed by atoms with E-state index < -0.39 is 5.97 Å². The number of anilines is 2. The van der Waals surface area contributed by atoms with E-state index in [0.717, 1.165) is 17.3 Å². The van der Waals surface area contributed by atoms with Gasteiger partial charge in [-0.25, -0.2) is 9.37 Å². The first kappa shape index (κ1) is 26.8. The average Bonchev–Trinajstić information content (AvgIpc) is 3.18. The molecule has 0 saturated carbocycles. The van der Waals surface area contributed by atoms with Crippen LogP contribution in [-0.4, -0.2) is 68.3 Å². The predicted molar refractivity (Wildman–Crippen MR) is 154 cm³/mol. The van der Waals surface area contributed by atoms with Gasteiger partial charge in [0.2, 0.25) is 0 Å². The molecule has 0 spiro atoms. The van der Waals surface area contributed by atoms with Gasteiger partial charge in [-0.05, 0) is 43.2 Å². The number of hydrogen-bond donors (Lipinski definition) is 1. The summed E-state index contributed by atoms with van der Waals surface area (Å²) in [4.78, 5) is 48.3. The van der Waals surface area contributed by atoms with E-state index in [2.05, 4.69) is 0 Å². The molecule has 0 aliphatic carbocycles. The Morgan fingerprint density at radius 2 is 1.85 bits per heavy atom. The number of thioether (sulfide) groups is 1. The van der Waals surface area contributed by atoms with Gasteiger partial charge in [0.15, 0.2) is 0 Å². The number of nitrogens with zero attached hydrogens (tertiary/aromatic N) is 5. The molecule has 3 aromatic rings. The summed E-state index contributed by atoms with van der Waals surface area (Å²) in [6, 6.07) is 10.3. The molecule has 2 aliphatic heterocycles. The first-order valence-electron chi connectivity index (χ1n) is 12.5. The summed E-state index contributed by atoms with van der Waals surface area (Å²) in [6.07, 6.45) is 3.38. The van der Waals surface area contributed by atoms with E-state index >= 15 is 0 Å². The van der Waals surface area contributed by atoms with Gasteiger partial charge in [-0.15, -0.1) is 0 Å². The molecule has 0 radical (unpaired) electrons. The van der Waals surface area contributed by atoms with E-state index in [0.29, 0.717) is 47.7 Å². The minimum Gasteiger partial charge on any atom is -0.481 e. The van der Waals surface area contributed by atoms with Gasteiger partial charge in [-0.1, -0.05) is 42.2 Å². The zero-order chi connectivity index (χ0) is 27.7. The molecule has 5 rings (SSSR count). The Labute approximate surface area is 233 Å². The number of thiocarbonyl (C=S) groups is 1. The first-order chi connectivity index (χ1) is 18.7. The summed E-state index contributed by atoms with van der Waals surface area (Å²) in [5, 5.41) is 8.93. The van der Waals surface area contributed by atoms with Crippen LogP contribution < -0.4 is 15.4 Å². The molecule has 39 heavy (non-hydrogen) atoms. The number of carbonyl (C=O) groups is 2. The van der Waals surface area contributed by atoms with Crippen molar-refractivity contribution < 1.29 is 19.1 Å². The number of aliphatic carboxylic acids is 1. The molecule has 2 aromatic heterocycles. The molecule has 1 N–H and O–H groups in total. The fourth-order valence-corrected chi connectivity index (χ4v) is 6.04. The summed E-state index contributed by atoms with van der Waals surface area (Å²) in [5.41, 5.74) is 1.84. The van der Waals surface area contributed by atoms with Gasteiger partial charge in [0.1, 0.15) is 21.6 Å². The van der Waals surface area contributed by atoms with Gasteiger partial charge < -0.3 is 14.9 Å². The molecule has 0 unspecified atom stereocenters. The van der Waals surface area contributed by atoms with E-state index in [1.807, 2.05) is 22.8 Å². The Morgan fingerprint density at radius 3 is 2.56 bits per heavy atom. The van der Waals surface area contributed by atoms with Crippen LogP contribution in [-0.2, 0) is 9.59 Å². The fraction of sp³-hybridized carbons (Fsp3) is 0.296. The normalized spacial score (nSPS) is 17.1. The lowest BCUT2D eigenvalue weighted by Crippen LogP contribution is -2.47. The molecule has 9 nitrogen and oxygen atoms in total. The quantitative estimate of drug-likeness (QED) is 0.340. The topological polar surface area (TPSA) is 98.5 Å². The van der Waals surface area contributed by atoms with Crippen LogP contribution in [0.3, 0.4) is 0 Å². The number of carboxylic acids is 1. The van der Waals surface area contributed by atoms with E-state index in [1.54, 1.807) is 36.5 Å². The molecule has 2 aliphatic rings. The van der Waals surface area contributed by atoms with Crippen LogP contribution in [0, 0.1) is 12.7 Å². The van der Waals surface area contributed by atoms with Crippen LogP contribution >= 0.6 is 24.0 Å². The summed E-state index contributed by atoms with van der Waals surface area (Å²) in [7, 11) is 0. The SMILES string of the molecule is Cc1cccn2c(=O)c(/C=C3\SC(=S)N(CCCC(=O)O)C3=O)c(N3CCN(c4ccccc4F)CC3)nc12. The molecular formula is C27H26FN5O4S2. The molecule has 1 aromatic carbocycles. The summed E-state index contributed by atoms with van der Waals surface area (Å²) >= 11 is 6.46. The third-order valence-corrected chi connectivity index (χ3v) is 8.14. The van der Waals surface area contributed by atoms with Crippen molar-refractivity contribution in [1.82, 2.24) is 14.3 Å². The number of carbonyl (C=O) groups excluding carboxylic acids is 1. The van der Waals surface area contributed by atoms with Gasteiger partial charge >= 0.3 is 5.97 Å². The van der Waals surface area contributed by atoms with Crippen molar-refractivity contribution in [3.63, 3.8) is 0 Å². The zero-order valence-corrected chi connectivity index (χ0v) is 22.8. The van der Waals surface area contributed by atoms with Gasteiger partial charge in [0, 0.05) is 45.3 Å². The number of carboxylic acid groups (broad SMARTS) is 1. The third kappa shape index (κ3) is 5.39. The van der Waals surface area contributed by atoms with Crippen LogP contribution in [0.5, 0.6) is 0 Å². The Kier molecular flexibility index (Phi) is 7.67. The summed E-state index contributed by atoms with van der Waals surface area (Å²) in [6.45, 7) is 4.12. The van der Waals surface area contributed by atoms with Gasteiger partial charge in [0.25, 0.3) is 11.5 Å². The van der Waals surface area contributed by atoms with Crippen molar-refractivity contribution in [2.75, 3.05) is 42.5 Å². The van der Waals surface area contributed by atoms with Gasteiger partial charge in [-0.3, -0.25) is 23.7 Å². The van der Waals surface area contributed by atoms with E-state index in [1.165, 1.54) is 15.4 Å². The van der Waals surface area contributed by atoms with Gasteiger partial charge in [-0.2, -0.15) is 0 Å². The highest BCUT2D eigenvalue weighted by Gasteiger charge is 2.33. The van der Waals surface area contributed by atoms with Crippen LogP contribution in [0.2, 0.25) is 0 Å². The summed E-state index contributed by atoms with van der Waals surface area (Å²) < 4.78 is 16.2. The molecule has 12 heteroatoms. The number of aryl methyl sites for hydroxylation is 1. The number of para-hydroxylation sites is 1. The molecular weight excluding hydrogens is 541 g/mol. The maximum atomic E-state index is 14.4. The predicted octanol–water partition coefficient (Wildman–Crippen LogP) is 3.53. The second kappa shape index (κ2) is 11.1. The number of piperazine rings is 1. The largest absolute Gasteiger partial charge is 0.481 e. The van der Waals surface area contributed by atoms with Crippen LogP contribution in [0.25, 0.3) is 11.7 Å².